The summed E-state index contributed by atoms with van der Waals surface area (Å²) in [7, 11) is 0. The lowest BCUT2D eigenvalue weighted by Gasteiger charge is -2.21. The number of hydrogen-bond donors (Lipinski definition) is 1. The highest BCUT2D eigenvalue weighted by Crippen LogP contribution is 2.23. The minimum Gasteiger partial charge on any atom is -0.346 e. The monoisotopic (exact) mass is 182 g/mol. The predicted molar refractivity (Wildman–Crippen MR) is 49.9 cm³/mol. The fourth-order valence-corrected chi connectivity index (χ4v) is 1.73. The lowest BCUT2D eigenvalue weighted by molar-refractivity contribution is -0.126. The van der Waals surface area contributed by atoms with E-state index in [1.807, 2.05) is 0 Å². The maximum Gasteiger partial charge on any atom is 0.223 e. The molecule has 0 bridgehead atoms. The van der Waals surface area contributed by atoms with Gasteiger partial charge in [-0.25, -0.2) is 0 Å². The molecule has 0 aromatic heterocycles. The largest absolute Gasteiger partial charge is 0.346 e. The van der Waals surface area contributed by atoms with Gasteiger partial charge < -0.3 is 5.32 Å². The summed E-state index contributed by atoms with van der Waals surface area (Å²) in [5, 5.41) is 2.64. The van der Waals surface area contributed by atoms with Gasteiger partial charge in [0.1, 0.15) is 0 Å². The Morgan fingerprint density at radius 1 is 1.38 bits per heavy atom. The van der Waals surface area contributed by atoms with Crippen LogP contribution in [0, 0.1) is 5.92 Å². The van der Waals surface area contributed by atoms with E-state index in [1.54, 1.807) is 13.2 Å². The van der Waals surface area contributed by atoms with Crippen molar-refractivity contribution in [3.05, 3.63) is 0 Å². The van der Waals surface area contributed by atoms with Crippen molar-refractivity contribution in [3.63, 3.8) is 0 Å². The van der Waals surface area contributed by atoms with Crippen LogP contribution in [0.2, 0.25) is 0 Å². The molecule has 0 unspecified atom stereocenters. The molecule has 0 aromatic carbocycles. The third kappa shape index (κ3) is 3.17. The molecule has 3 nitrogen and oxygen atoms in total. The third-order valence-electron chi connectivity index (χ3n) is 2.51. The van der Waals surface area contributed by atoms with Gasteiger partial charge in [-0.1, -0.05) is 19.3 Å². The van der Waals surface area contributed by atoms with E-state index in [1.165, 1.54) is 6.42 Å². The van der Waals surface area contributed by atoms with Crippen molar-refractivity contribution in [3.8, 4) is 0 Å². The van der Waals surface area contributed by atoms with E-state index in [0.717, 1.165) is 25.7 Å². The van der Waals surface area contributed by atoms with Crippen LogP contribution in [0.15, 0.2) is 0 Å². The Labute approximate surface area is 78.9 Å². The average Bonchev–Trinajstić information content (AvgIpc) is 2.19. The first-order valence-corrected chi connectivity index (χ1v) is 4.92. The van der Waals surface area contributed by atoms with E-state index in [0.29, 0.717) is 0 Å². The molecule has 73 valence electrons. The van der Waals surface area contributed by atoms with E-state index in [4.69, 9.17) is 0 Å². The molecule has 0 aromatic rings. The highest BCUT2D eigenvalue weighted by Gasteiger charge is 2.21. The molecule has 1 amide bonds. The summed E-state index contributed by atoms with van der Waals surface area (Å²) in [6, 6.07) is -0.463. The van der Waals surface area contributed by atoms with Gasteiger partial charge in [-0.15, -0.1) is 0 Å². The van der Waals surface area contributed by atoms with Gasteiger partial charge in [0.2, 0.25) is 12.2 Å². The fraction of sp³-hybridized carbons (Fsp3) is 0.800. The Hall–Kier alpha value is -0.860. The lowest BCUT2D eigenvalue weighted by atomic mass is 9.88. The number of carbonyl (C=O) groups excluding carboxylic acids is 2. The highest BCUT2D eigenvalue weighted by atomic mass is 16.2. The quantitative estimate of drug-likeness (QED) is 0.712. The average molecular weight is 182 g/mol. The topological polar surface area (TPSA) is 46.2 Å². The molecule has 1 atom stereocenters. The van der Waals surface area contributed by atoms with E-state index in [2.05, 4.69) is 5.32 Å². The number of rotatable bonds is 3. The number of hydrogen-bond acceptors (Lipinski definition) is 2. The zero-order chi connectivity index (χ0) is 9.68. The van der Waals surface area contributed by atoms with E-state index in [-0.39, 0.29) is 11.8 Å². The van der Waals surface area contributed by atoms with Crippen molar-refractivity contribution in [2.24, 2.45) is 5.92 Å². The van der Waals surface area contributed by atoms with E-state index < -0.39 is 6.04 Å². The maximum absolute atomic E-state index is 11.5. The molecular formula is C10H16NO2. The molecule has 0 saturated heterocycles. The van der Waals surface area contributed by atoms with Crippen LogP contribution in [0.4, 0.5) is 0 Å². The van der Waals surface area contributed by atoms with Crippen molar-refractivity contribution in [1.29, 1.82) is 0 Å². The molecule has 1 aliphatic rings. The van der Waals surface area contributed by atoms with E-state index >= 15 is 0 Å². The van der Waals surface area contributed by atoms with Crippen LogP contribution < -0.4 is 5.32 Å². The molecule has 13 heavy (non-hydrogen) atoms. The van der Waals surface area contributed by atoms with E-state index in [9.17, 15) is 9.59 Å². The van der Waals surface area contributed by atoms with Crippen LogP contribution in [0.1, 0.15) is 39.0 Å². The first-order chi connectivity index (χ1) is 6.24. The summed E-state index contributed by atoms with van der Waals surface area (Å²) < 4.78 is 0. The minimum atomic E-state index is -0.463. The van der Waals surface area contributed by atoms with Gasteiger partial charge in [-0.05, 0) is 19.8 Å². The Balaban J connectivity index is 2.32. The number of carbonyl (C=O) groups is 1. The molecule has 1 fully saturated rings. The van der Waals surface area contributed by atoms with Crippen LogP contribution in [0.5, 0.6) is 0 Å². The third-order valence-corrected chi connectivity index (χ3v) is 2.51. The second-order valence-corrected chi connectivity index (χ2v) is 3.68. The van der Waals surface area contributed by atoms with Crippen molar-refractivity contribution < 1.29 is 9.59 Å². The van der Waals surface area contributed by atoms with Gasteiger partial charge >= 0.3 is 0 Å². The molecular weight excluding hydrogens is 166 g/mol. The van der Waals surface area contributed by atoms with Crippen LogP contribution in [0.25, 0.3) is 0 Å². The molecule has 1 rings (SSSR count). The molecule has 0 aliphatic heterocycles. The molecule has 3 heteroatoms. The standard InChI is InChI=1S/C10H16NO2/c1-8(7-12)11-10(13)9-5-3-2-4-6-9/h8-9H,2-6H2,1H3,(H,11,13)/t8-/m0/s1. The summed E-state index contributed by atoms with van der Waals surface area (Å²) in [5.74, 6) is 0.153. The molecule has 1 saturated carbocycles. The van der Waals surface area contributed by atoms with Gasteiger partial charge in [0.25, 0.3) is 0 Å². The normalized spacial score (nSPS) is 20.7. The van der Waals surface area contributed by atoms with Gasteiger partial charge in [0.05, 0.1) is 6.04 Å². The maximum atomic E-state index is 11.5. The SMILES string of the molecule is C[C@@H]([C]=O)NC(=O)C1CCCCC1. The summed E-state index contributed by atoms with van der Waals surface area (Å²) >= 11 is 0. The van der Waals surface area contributed by atoms with Gasteiger partial charge in [-0.2, -0.15) is 0 Å². The van der Waals surface area contributed by atoms with Crippen LogP contribution in [0.3, 0.4) is 0 Å². The predicted octanol–water partition coefficient (Wildman–Crippen LogP) is 1.18. The van der Waals surface area contributed by atoms with Crippen LogP contribution >= 0.6 is 0 Å². The van der Waals surface area contributed by atoms with Crippen LogP contribution in [-0.4, -0.2) is 18.2 Å². The Morgan fingerprint density at radius 2 is 2.00 bits per heavy atom. The Morgan fingerprint density at radius 3 is 2.54 bits per heavy atom. The summed E-state index contributed by atoms with van der Waals surface area (Å²) in [5.41, 5.74) is 0. The van der Waals surface area contributed by atoms with Crippen LogP contribution in [-0.2, 0) is 9.59 Å². The second-order valence-electron chi connectivity index (χ2n) is 3.68. The first kappa shape index (κ1) is 10.2. The molecule has 1 radical (unpaired) electrons. The minimum absolute atomic E-state index is 0.0237. The van der Waals surface area contributed by atoms with Crippen molar-refractivity contribution >= 4 is 12.2 Å². The molecule has 0 spiro atoms. The zero-order valence-electron chi connectivity index (χ0n) is 8.01. The molecule has 1 aliphatic carbocycles. The molecule has 1 N–H and O–H groups in total. The van der Waals surface area contributed by atoms with Gasteiger partial charge in [0.15, 0.2) is 0 Å². The number of amides is 1. The highest BCUT2D eigenvalue weighted by molar-refractivity contribution is 5.81. The van der Waals surface area contributed by atoms with Gasteiger partial charge in [0, 0.05) is 5.92 Å². The fourth-order valence-electron chi connectivity index (χ4n) is 1.73. The van der Waals surface area contributed by atoms with Crippen molar-refractivity contribution in [2.75, 3.05) is 0 Å². The summed E-state index contributed by atoms with van der Waals surface area (Å²) in [6.07, 6.45) is 7.20. The Bertz CT molecular complexity index is 185. The van der Waals surface area contributed by atoms with Crippen molar-refractivity contribution in [2.45, 2.75) is 45.1 Å². The smallest absolute Gasteiger partial charge is 0.223 e. The van der Waals surface area contributed by atoms with Gasteiger partial charge in [-0.3, -0.25) is 9.59 Å². The first-order valence-electron chi connectivity index (χ1n) is 4.92. The lowest BCUT2D eigenvalue weighted by Crippen LogP contribution is -2.38. The Kier molecular flexibility index (Phi) is 3.93. The molecule has 0 heterocycles. The zero-order valence-corrected chi connectivity index (χ0v) is 8.01. The summed E-state index contributed by atoms with van der Waals surface area (Å²) in [4.78, 5) is 21.7. The number of nitrogens with one attached hydrogen (secondary N) is 1. The van der Waals surface area contributed by atoms with Crippen molar-refractivity contribution in [1.82, 2.24) is 5.32 Å². The summed E-state index contributed by atoms with van der Waals surface area (Å²) in [6.45, 7) is 1.65. The second kappa shape index (κ2) is 5.00.